The number of carbonyl (C=O) groups excluding carboxylic acids is 3. The Hall–Kier alpha value is -2.24. The molecule has 0 spiro atoms. The zero-order valence-corrected chi connectivity index (χ0v) is 9.70. The lowest BCUT2D eigenvalue weighted by Gasteiger charge is -2.28. The van der Waals surface area contributed by atoms with Crippen molar-refractivity contribution in [3.8, 4) is 0 Å². The van der Waals surface area contributed by atoms with Crippen LogP contribution in [0.25, 0.3) is 0 Å². The molecule has 18 heavy (non-hydrogen) atoms. The summed E-state index contributed by atoms with van der Waals surface area (Å²) in [6.45, 7) is 1.10. The van der Waals surface area contributed by atoms with Crippen LogP contribution in [0.5, 0.6) is 0 Å². The first kappa shape index (κ1) is 12.2. The Morgan fingerprint density at radius 2 is 1.89 bits per heavy atom. The van der Waals surface area contributed by atoms with Crippen LogP contribution in [0.15, 0.2) is 18.2 Å². The number of carbonyl (C=O) groups is 3. The first-order valence-corrected chi connectivity index (χ1v) is 5.36. The molecule has 0 radical (unpaired) electrons. The molecule has 0 atom stereocenters. The molecule has 94 valence electrons. The molecule has 2 rings (SSSR count). The zero-order chi connectivity index (χ0) is 13.3. The number of Topliss-reactive ketones (excluding diaryl/α,β-unsaturated/α-hetero) is 1. The molecule has 5 nitrogen and oxygen atoms in total. The molecule has 1 N–H and O–H groups in total. The van der Waals surface area contributed by atoms with E-state index in [4.69, 9.17) is 0 Å². The van der Waals surface area contributed by atoms with Gasteiger partial charge in [-0.3, -0.25) is 19.7 Å². The normalized spacial score (nSPS) is 15.6. The Kier molecular flexibility index (Phi) is 3.10. The second-order valence-electron chi connectivity index (χ2n) is 4.02. The fraction of sp³-hybridized carbons (Fsp3) is 0.250. The maximum Gasteiger partial charge on any atom is 0.246 e. The van der Waals surface area contributed by atoms with Gasteiger partial charge in [-0.2, -0.15) is 0 Å². The molecule has 6 heteroatoms. The summed E-state index contributed by atoms with van der Waals surface area (Å²) in [4.78, 5) is 35.4. The highest BCUT2D eigenvalue weighted by molar-refractivity contribution is 6.05. The molecule has 0 unspecified atom stereocenters. The zero-order valence-electron chi connectivity index (χ0n) is 9.70. The SMILES string of the molecule is CC(=O)c1c(F)cccc1N1CC(=O)NC(=O)C1. The lowest BCUT2D eigenvalue weighted by molar-refractivity contribution is -0.130. The number of piperazine rings is 1. The summed E-state index contributed by atoms with van der Waals surface area (Å²) in [7, 11) is 0. The predicted molar refractivity (Wildman–Crippen MR) is 61.8 cm³/mol. The molecule has 0 aliphatic carbocycles. The van der Waals surface area contributed by atoms with Gasteiger partial charge in [0.05, 0.1) is 24.3 Å². The van der Waals surface area contributed by atoms with Gasteiger partial charge in [-0.25, -0.2) is 4.39 Å². The standard InChI is InChI=1S/C12H11FN2O3/c1-7(16)12-8(13)3-2-4-9(12)15-5-10(17)14-11(18)6-15/h2-4H,5-6H2,1H3,(H,14,17,18). The van der Waals surface area contributed by atoms with E-state index in [1.54, 1.807) is 0 Å². The van der Waals surface area contributed by atoms with Crippen LogP contribution in [0.4, 0.5) is 10.1 Å². The van der Waals surface area contributed by atoms with Gasteiger partial charge in [0, 0.05) is 0 Å². The van der Waals surface area contributed by atoms with Crippen molar-refractivity contribution in [1.82, 2.24) is 5.32 Å². The van der Waals surface area contributed by atoms with E-state index in [-0.39, 0.29) is 24.3 Å². The van der Waals surface area contributed by atoms with E-state index in [1.807, 2.05) is 0 Å². The minimum Gasteiger partial charge on any atom is -0.352 e. The number of amides is 2. The molecule has 1 aromatic carbocycles. The summed E-state index contributed by atoms with van der Waals surface area (Å²) in [6, 6.07) is 4.13. The van der Waals surface area contributed by atoms with E-state index >= 15 is 0 Å². The Balaban J connectivity index is 2.44. The molecule has 1 saturated heterocycles. The van der Waals surface area contributed by atoms with Crippen molar-refractivity contribution in [2.75, 3.05) is 18.0 Å². The number of hydrogen-bond donors (Lipinski definition) is 1. The van der Waals surface area contributed by atoms with Gasteiger partial charge >= 0.3 is 0 Å². The van der Waals surface area contributed by atoms with Crippen molar-refractivity contribution in [3.05, 3.63) is 29.6 Å². The van der Waals surface area contributed by atoms with E-state index in [1.165, 1.54) is 30.0 Å². The van der Waals surface area contributed by atoms with Crippen LogP contribution >= 0.6 is 0 Å². The van der Waals surface area contributed by atoms with Gasteiger partial charge < -0.3 is 4.90 Å². The van der Waals surface area contributed by atoms with Crippen LogP contribution in [-0.2, 0) is 9.59 Å². The van der Waals surface area contributed by atoms with Gasteiger partial charge in [-0.05, 0) is 19.1 Å². The number of nitrogens with zero attached hydrogens (tertiary/aromatic N) is 1. The minimum absolute atomic E-state index is 0.0739. The largest absolute Gasteiger partial charge is 0.352 e. The van der Waals surface area contributed by atoms with E-state index < -0.39 is 23.4 Å². The Morgan fingerprint density at radius 3 is 2.44 bits per heavy atom. The summed E-state index contributed by atoms with van der Waals surface area (Å²) in [6.07, 6.45) is 0. The van der Waals surface area contributed by atoms with E-state index in [0.29, 0.717) is 0 Å². The number of imide groups is 1. The van der Waals surface area contributed by atoms with Crippen LogP contribution in [0.2, 0.25) is 0 Å². The quantitative estimate of drug-likeness (QED) is 0.613. The first-order chi connectivity index (χ1) is 8.49. The van der Waals surface area contributed by atoms with Crippen LogP contribution in [0, 0.1) is 5.82 Å². The smallest absolute Gasteiger partial charge is 0.246 e. The fourth-order valence-electron chi connectivity index (χ4n) is 1.93. The average molecular weight is 250 g/mol. The second kappa shape index (κ2) is 4.56. The Labute approximate surface area is 103 Å². The van der Waals surface area contributed by atoms with Crippen molar-refractivity contribution in [3.63, 3.8) is 0 Å². The van der Waals surface area contributed by atoms with Gasteiger partial charge in [0.15, 0.2) is 5.78 Å². The molecule has 1 aromatic rings. The summed E-state index contributed by atoms with van der Waals surface area (Å²) in [5.41, 5.74) is 0.172. The maximum atomic E-state index is 13.6. The highest BCUT2D eigenvalue weighted by Crippen LogP contribution is 2.24. The van der Waals surface area contributed by atoms with Crippen molar-refractivity contribution < 1.29 is 18.8 Å². The number of nitrogens with one attached hydrogen (secondary N) is 1. The van der Waals surface area contributed by atoms with Gasteiger partial charge in [0.1, 0.15) is 5.82 Å². The maximum absolute atomic E-state index is 13.6. The third-order valence-corrected chi connectivity index (χ3v) is 2.63. The van der Waals surface area contributed by atoms with Crippen molar-refractivity contribution in [2.24, 2.45) is 0 Å². The van der Waals surface area contributed by atoms with E-state index in [0.717, 1.165) is 0 Å². The summed E-state index contributed by atoms with van der Waals surface area (Å²) < 4.78 is 13.6. The van der Waals surface area contributed by atoms with E-state index in [9.17, 15) is 18.8 Å². The van der Waals surface area contributed by atoms with Crippen LogP contribution in [0.1, 0.15) is 17.3 Å². The van der Waals surface area contributed by atoms with Gasteiger partial charge in [0.25, 0.3) is 0 Å². The molecular formula is C12H11FN2O3. The molecule has 0 saturated carbocycles. The van der Waals surface area contributed by atoms with Gasteiger partial charge in [-0.15, -0.1) is 0 Å². The third kappa shape index (κ3) is 2.22. The highest BCUT2D eigenvalue weighted by atomic mass is 19.1. The number of benzene rings is 1. The number of anilines is 1. The highest BCUT2D eigenvalue weighted by Gasteiger charge is 2.26. The second-order valence-corrected chi connectivity index (χ2v) is 4.02. The predicted octanol–water partition coefficient (Wildman–Crippen LogP) is 0.491. The summed E-state index contributed by atoms with van der Waals surface area (Å²) >= 11 is 0. The third-order valence-electron chi connectivity index (χ3n) is 2.63. The topological polar surface area (TPSA) is 66.5 Å². The van der Waals surface area contributed by atoms with Gasteiger partial charge in [0.2, 0.25) is 11.8 Å². The summed E-state index contributed by atoms with van der Waals surface area (Å²) in [5.74, 6) is -2.03. The number of ketones is 1. The summed E-state index contributed by atoms with van der Waals surface area (Å²) in [5, 5.41) is 2.14. The van der Waals surface area contributed by atoms with Crippen LogP contribution in [-0.4, -0.2) is 30.7 Å². The molecule has 1 fully saturated rings. The molecule has 2 amide bonds. The van der Waals surface area contributed by atoms with Crippen molar-refractivity contribution in [1.29, 1.82) is 0 Å². The van der Waals surface area contributed by atoms with Crippen molar-refractivity contribution in [2.45, 2.75) is 6.92 Å². The lowest BCUT2D eigenvalue weighted by Crippen LogP contribution is -2.51. The molecule has 0 bridgehead atoms. The number of hydrogen-bond acceptors (Lipinski definition) is 4. The Bertz CT molecular complexity index is 526. The first-order valence-electron chi connectivity index (χ1n) is 5.36. The van der Waals surface area contributed by atoms with E-state index in [2.05, 4.69) is 5.32 Å². The minimum atomic E-state index is -0.654. The molecule has 1 aliphatic heterocycles. The monoisotopic (exact) mass is 250 g/mol. The van der Waals surface area contributed by atoms with Crippen molar-refractivity contribution >= 4 is 23.3 Å². The van der Waals surface area contributed by atoms with Crippen LogP contribution < -0.4 is 10.2 Å². The number of rotatable bonds is 2. The van der Waals surface area contributed by atoms with Gasteiger partial charge in [-0.1, -0.05) is 6.07 Å². The number of halogens is 1. The lowest BCUT2D eigenvalue weighted by atomic mass is 10.1. The average Bonchev–Trinajstić information content (AvgIpc) is 2.26. The molecule has 0 aromatic heterocycles. The molecule has 1 aliphatic rings. The Morgan fingerprint density at radius 1 is 1.28 bits per heavy atom. The molecule has 1 heterocycles. The molecular weight excluding hydrogens is 239 g/mol. The fourth-order valence-corrected chi connectivity index (χ4v) is 1.93. The van der Waals surface area contributed by atoms with Crippen LogP contribution in [0.3, 0.4) is 0 Å².